The Morgan fingerprint density at radius 3 is 2.58 bits per heavy atom. The molecule has 1 N–H and O–H groups in total. The molecule has 0 saturated carbocycles. The highest BCUT2D eigenvalue weighted by atomic mass is 16.5. The Bertz CT molecular complexity index is 600. The summed E-state index contributed by atoms with van der Waals surface area (Å²) >= 11 is 0. The molecule has 4 nitrogen and oxygen atoms in total. The third-order valence-corrected chi connectivity index (χ3v) is 5.56. The number of ether oxygens (including phenoxy) is 1. The van der Waals surface area contributed by atoms with E-state index in [9.17, 15) is 9.59 Å². The summed E-state index contributed by atoms with van der Waals surface area (Å²) in [5, 5.41) is 3.39. The van der Waals surface area contributed by atoms with Gasteiger partial charge in [-0.3, -0.25) is 4.79 Å². The summed E-state index contributed by atoms with van der Waals surface area (Å²) in [5.41, 5.74) is 3.42. The first kappa shape index (κ1) is 18.8. The third kappa shape index (κ3) is 3.42. The van der Waals surface area contributed by atoms with Crippen LogP contribution in [0.3, 0.4) is 0 Å². The van der Waals surface area contributed by atoms with Crippen molar-refractivity contribution in [1.29, 1.82) is 0 Å². The van der Waals surface area contributed by atoms with Crippen LogP contribution >= 0.6 is 0 Å². The fourth-order valence-electron chi connectivity index (χ4n) is 3.93. The van der Waals surface area contributed by atoms with Crippen LogP contribution in [0.25, 0.3) is 0 Å². The average Bonchev–Trinajstić information content (AvgIpc) is 2.63. The van der Waals surface area contributed by atoms with Gasteiger partial charge in [-0.2, -0.15) is 0 Å². The molecule has 0 amide bonds. The lowest BCUT2D eigenvalue weighted by molar-refractivity contribution is -0.139. The van der Waals surface area contributed by atoms with Gasteiger partial charge in [0.15, 0.2) is 5.78 Å². The minimum Gasteiger partial charge on any atom is -0.463 e. The summed E-state index contributed by atoms with van der Waals surface area (Å²) in [6.07, 6.45) is 3.36. The second-order valence-corrected chi connectivity index (χ2v) is 7.76. The van der Waals surface area contributed by atoms with Crippen molar-refractivity contribution in [2.24, 2.45) is 17.3 Å². The van der Waals surface area contributed by atoms with Crippen LogP contribution in [0.4, 0.5) is 0 Å². The standard InChI is InChI=1S/C20H31NO3/c1-7-20(6)10-9-15(22)18-14(11-20)21-13(5)17(16(18)12(3)4)19(23)24-8-2/h12,16,21H,7-11H2,1-6H3. The largest absolute Gasteiger partial charge is 0.463 e. The number of carbonyl (C=O) groups is 2. The van der Waals surface area contributed by atoms with Crippen molar-refractivity contribution in [3.63, 3.8) is 0 Å². The van der Waals surface area contributed by atoms with E-state index in [1.165, 1.54) is 0 Å². The number of rotatable bonds is 4. The Morgan fingerprint density at radius 2 is 2.04 bits per heavy atom. The van der Waals surface area contributed by atoms with Gasteiger partial charge in [0.2, 0.25) is 0 Å². The molecule has 0 spiro atoms. The highest BCUT2D eigenvalue weighted by Crippen LogP contribution is 2.45. The minimum absolute atomic E-state index is 0.128. The molecule has 2 atom stereocenters. The van der Waals surface area contributed by atoms with Gasteiger partial charge in [-0.15, -0.1) is 0 Å². The fourth-order valence-corrected chi connectivity index (χ4v) is 3.93. The van der Waals surface area contributed by atoms with Crippen LogP contribution < -0.4 is 5.32 Å². The Kier molecular flexibility index (Phi) is 5.56. The van der Waals surface area contributed by atoms with E-state index in [1.807, 2.05) is 13.8 Å². The lowest BCUT2D eigenvalue weighted by Gasteiger charge is -2.35. The van der Waals surface area contributed by atoms with Gasteiger partial charge >= 0.3 is 5.97 Å². The third-order valence-electron chi connectivity index (χ3n) is 5.56. The molecule has 0 fully saturated rings. The SMILES string of the molecule is CCOC(=O)C1=C(C)NC2=C(C(=O)CCC(C)(CC)C2)C1C(C)C. The molecule has 134 valence electrons. The molecular weight excluding hydrogens is 302 g/mol. The minimum atomic E-state index is -0.303. The second-order valence-electron chi connectivity index (χ2n) is 7.76. The van der Waals surface area contributed by atoms with E-state index in [-0.39, 0.29) is 29.0 Å². The van der Waals surface area contributed by atoms with E-state index < -0.39 is 0 Å². The van der Waals surface area contributed by atoms with Gasteiger partial charge in [-0.25, -0.2) is 4.79 Å². The number of Topliss-reactive ketones (excluding diaryl/α,β-unsaturated/α-hetero) is 1. The maximum absolute atomic E-state index is 12.9. The van der Waals surface area contributed by atoms with Crippen molar-refractivity contribution in [2.45, 2.75) is 67.2 Å². The molecule has 2 unspecified atom stereocenters. The van der Waals surface area contributed by atoms with Crippen molar-refractivity contribution in [2.75, 3.05) is 6.61 Å². The maximum atomic E-state index is 12.9. The highest BCUT2D eigenvalue weighted by Gasteiger charge is 2.41. The van der Waals surface area contributed by atoms with Crippen molar-refractivity contribution in [3.05, 3.63) is 22.5 Å². The molecule has 0 aromatic rings. The van der Waals surface area contributed by atoms with E-state index >= 15 is 0 Å². The summed E-state index contributed by atoms with van der Waals surface area (Å²) < 4.78 is 5.27. The van der Waals surface area contributed by atoms with Crippen LogP contribution in [0.2, 0.25) is 0 Å². The molecule has 0 saturated heterocycles. The predicted molar refractivity (Wildman–Crippen MR) is 95.1 cm³/mol. The monoisotopic (exact) mass is 333 g/mol. The van der Waals surface area contributed by atoms with Crippen LogP contribution in [-0.4, -0.2) is 18.4 Å². The molecule has 1 aliphatic heterocycles. The Hall–Kier alpha value is -1.58. The zero-order valence-electron chi connectivity index (χ0n) is 15.9. The smallest absolute Gasteiger partial charge is 0.336 e. The molecule has 0 bridgehead atoms. The van der Waals surface area contributed by atoms with Gasteiger partial charge in [0.25, 0.3) is 0 Å². The number of hydrogen-bond donors (Lipinski definition) is 1. The molecule has 4 heteroatoms. The molecule has 2 rings (SSSR count). The Labute approximate surface area is 145 Å². The normalized spacial score (nSPS) is 27.8. The number of nitrogens with one attached hydrogen (secondary N) is 1. The Morgan fingerprint density at radius 1 is 1.38 bits per heavy atom. The summed E-state index contributed by atoms with van der Waals surface area (Å²) in [6, 6.07) is 0. The van der Waals surface area contributed by atoms with Gasteiger partial charge in [-0.1, -0.05) is 34.1 Å². The van der Waals surface area contributed by atoms with E-state index in [0.717, 1.165) is 36.2 Å². The lowest BCUT2D eigenvalue weighted by atomic mass is 9.75. The number of ketones is 1. The molecular formula is C20H31NO3. The first-order valence-corrected chi connectivity index (χ1v) is 9.15. The van der Waals surface area contributed by atoms with Crippen LogP contribution in [0, 0.1) is 17.3 Å². The molecule has 2 aliphatic rings. The van der Waals surface area contributed by atoms with Gasteiger partial charge in [0.1, 0.15) is 0 Å². The molecule has 0 aromatic heterocycles. The quantitative estimate of drug-likeness (QED) is 0.786. The summed E-state index contributed by atoms with van der Waals surface area (Å²) in [6.45, 7) is 12.7. The van der Waals surface area contributed by atoms with Gasteiger partial charge < -0.3 is 10.1 Å². The maximum Gasteiger partial charge on any atom is 0.336 e. The zero-order chi connectivity index (χ0) is 18.1. The van der Waals surface area contributed by atoms with E-state index in [4.69, 9.17) is 4.74 Å². The number of hydrogen-bond acceptors (Lipinski definition) is 4. The van der Waals surface area contributed by atoms with Gasteiger partial charge in [0, 0.05) is 29.3 Å². The number of dihydropyridines is 1. The van der Waals surface area contributed by atoms with Crippen molar-refractivity contribution < 1.29 is 14.3 Å². The van der Waals surface area contributed by atoms with E-state index in [0.29, 0.717) is 18.6 Å². The fraction of sp³-hybridized carbons (Fsp3) is 0.700. The molecule has 24 heavy (non-hydrogen) atoms. The molecule has 0 radical (unpaired) electrons. The zero-order valence-corrected chi connectivity index (χ0v) is 15.9. The molecule has 1 heterocycles. The number of esters is 1. The van der Waals surface area contributed by atoms with E-state index in [1.54, 1.807) is 0 Å². The molecule has 0 aromatic carbocycles. The topological polar surface area (TPSA) is 55.4 Å². The molecule has 1 aliphatic carbocycles. The van der Waals surface area contributed by atoms with Gasteiger partial charge in [-0.05, 0) is 38.0 Å². The average molecular weight is 333 g/mol. The number of carbonyl (C=O) groups excluding carboxylic acids is 2. The first-order valence-electron chi connectivity index (χ1n) is 9.15. The predicted octanol–water partition coefficient (Wildman–Crippen LogP) is 4.12. The summed E-state index contributed by atoms with van der Waals surface area (Å²) in [5.74, 6) is -0.126. The van der Waals surface area contributed by atoms with Crippen LogP contribution in [-0.2, 0) is 14.3 Å². The van der Waals surface area contributed by atoms with Crippen molar-refractivity contribution >= 4 is 11.8 Å². The van der Waals surface area contributed by atoms with Crippen LogP contribution in [0.15, 0.2) is 22.5 Å². The van der Waals surface area contributed by atoms with Crippen LogP contribution in [0.1, 0.15) is 67.2 Å². The summed E-state index contributed by atoms with van der Waals surface area (Å²) in [4.78, 5) is 25.4. The first-order chi connectivity index (χ1) is 11.2. The van der Waals surface area contributed by atoms with Crippen LogP contribution in [0.5, 0.6) is 0 Å². The summed E-state index contributed by atoms with van der Waals surface area (Å²) in [7, 11) is 0. The van der Waals surface area contributed by atoms with Gasteiger partial charge in [0.05, 0.1) is 12.2 Å². The Balaban J connectivity index is 2.52. The van der Waals surface area contributed by atoms with Crippen molar-refractivity contribution in [1.82, 2.24) is 5.32 Å². The number of allylic oxidation sites excluding steroid dienone is 3. The highest BCUT2D eigenvalue weighted by molar-refractivity contribution is 6.01. The second kappa shape index (κ2) is 7.12. The van der Waals surface area contributed by atoms with E-state index in [2.05, 4.69) is 33.0 Å². The lowest BCUT2D eigenvalue weighted by Crippen LogP contribution is -2.36. The van der Waals surface area contributed by atoms with Crippen molar-refractivity contribution in [3.8, 4) is 0 Å².